The van der Waals surface area contributed by atoms with E-state index in [1.54, 1.807) is 18.2 Å². The van der Waals surface area contributed by atoms with Crippen LogP contribution in [0.3, 0.4) is 0 Å². The Morgan fingerprint density at radius 2 is 1.89 bits per heavy atom. The van der Waals surface area contributed by atoms with E-state index in [2.05, 4.69) is 22.9 Å². The van der Waals surface area contributed by atoms with E-state index in [1.807, 2.05) is 24.3 Å². The van der Waals surface area contributed by atoms with Crippen molar-refractivity contribution in [1.82, 2.24) is 0 Å². The molecule has 2 nitrogen and oxygen atoms in total. The fourth-order valence-corrected chi connectivity index (χ4v) is 2.15. The number of hydrogen-bond donors (Lipinski definition) is 1. The molecular weight excluding hydrogens is 290 g/mol. The average Bonchev–Trinajstić information content (AvgIpc) is 2.41. The average molecular weight is 304 g/mol. The number of nitrogen functional groups attached to an aromatic ring is 1. The molecule has 0 atom stereocenters. The van der Waals surface area contributed by atoms with Crippen molar-refractivity contribution in [3.63, 3.8) is 0 Å². The number of halogens is 1. The van der Waals surface area contributed by atoms with Crippen LogP contribution in [0.25, 0.3) is 0 Å². The summed E-state index contributed by atoms with van der Waals surface area (Å²) in [7, 11) is 0. The van der Waals surface area contributed by atoms with Gasteiger partial charge in [0.05, 0.1) is 0 Å². The highest BCUT2D eigenvalue weighted by Gasteiger charge is 2.10. The predicted octanol–water partition coefficient (Wildman–Crippen LogP) is 3.82. The van der Waals surface area contributed by atoms with Crippen LogP contribution >= 0.6 is 15.9 Å². The van der Waals surface area contributed by atoms with E-state index in [-0.39, 0.29) is 5.78 Å². The van der Waals surface area contributed by atoms with Crippen molar-refractivity contribution in [2.24, 2.45) is 0 Å². The van der Waals surface area contributed by atoms with Crippen LogP contribution < -0.4 is 5.73 Å². The molecule has 92 valence electrons. The molecule has 0 aliphatic carbocycles. The number of ketones is 1. The van der Waals surface area contributed by atoms with Gasteiger partial charge in [-0.05, 0) is 52.2 Å². The second-order valence-electron chi connectivity index (χ2n) is 4.12. The lowest BCUT2D eigenvalue weighted by molar-refractivity contribution is 0.103. The SMILES string of the molecule is CCc1cccc(C(=O)c2ccc(N)c(Br)c2)c1. The third-order valence-corrected chi connectivity index (χ3v) is 3.55. The lowest BCUT2D eigenvalue weighted by Gasteiger charge is -2.05. The molecule has 0 unspecified atom stereocenters. The highest BCUT2D eigenvalue weighted by molar-refractivity contribution is 9.10. The Kier molecular flexibility index (Phi) is 3.82. The topological polar surface area (TPSA) is 43.1 Å². The summed E-state index contributed by atoms with van der Waals surface area (Å²) in [5.74, 6) is 0.0194. The maximum absolute atomic E-state index is 12.3. The summed E-state index contributed by atoms with van der Waals surface area (Å²) < 4.78 is 0.750. The fourth-order valence-electron chi connectivity index (χ4n) is 1.77. The van der Waals surface area contributed by atoms with Crippen LogP contribution in [0.4, 0.5) is 5.69 Å². The molecule has 18 heavy (non-hydrogen) atoms. The smallest absolute Gasteiger partial charge is 0.193 e. The van der Waals surface area contributed by atoms with Gasteiger partial charge >= 0.3 is 0 Å². The number of benzene rings is 2. The van der Waals surface area contributed by atoms with Crippen molar-refractivity contribution in [1.29, 1.82) is 0 Å². The number of anilines is 1. The minimum Gasteiger partial charge on any atom is -0.398 e. The summed E-state index contributed by atoms with van der Waals surface area (Å²) in [6.45, 7) is 2.07. The molecule has 2 rings (SSSR count). The molecule has 0 aliphatic heterocycles. The highest BCUT2D eigenvalue weighted by Crippen LogP contribution is 2.22. The van der Waals surface area contributed by atoms with E-state index in [4.69, 9.17) is 5.73 Å². The molecule has 2 aromatic carbocycles. The van der Waals surface area contributed by atoms with E-state index in [0.29, 0.717) is 16.8 Å². The third kappa shape index (κ3) is 2.62. The minimum atomic E-state index is 0.0194. The molecule has 0 aliphatic rings. The molecule has 3 heteroatoms. The second kappa shape index (κ2) is 5.36. The van der Waals surface area contributed by atoms with Gasteiger partial charge in [0, 0.05) is 21.3 Å². The van der Waals surface area contributed by atoms with E-state index < -0.39 is 0 Å². The molecule has 0 amide bonds. The number of nitrogens with two attached hydrogens (primary N) is 1. The van der Waals surface area contributed by atoms with Gasteiger partial charge in [-0.15, -0.1) is 0 Å². The van der Waals surface area contributed by atoms with E-state index in [1.165, 1.54) is 0 Å². The Morgan fingerprint density at radius 3 is 2.56 bits per heavy atom. The van der Waals surface area contributed by atoms with E-state index in [0.717, 1.165) is 16.5 Å². The summed E-state index contributed by atoms with van der Waals surface area (Å²) in [5.41, 5.74) is 8.87. The monoisotopic (exact) mass is 303 g/mol. The number of hydrogen-bond acceptors (Lipinski definition) is 2. The van der Waals surface area contributed by atoms with Crippen LogP contribution in [0.15, 0.2) is 46.9 Å². The quantitative estimate of drug-likeness (QED) is 0.692. The van der Waals surface area contributed by atoms with Crippen molar-refractivity contribution in [2.75, 3.05) is 5.73 Å². The first-order chi connectivity index (χ1) is 8.61. The first-order valence-corrected chi connectivity index (χ1v) is 6.59. The molecule has 0 saturated carbocycles. The van der Waals surface area contributed by atoms with Gasteiger partial charge in [0.2, 0.25) is 0 Å². The molecular formula is C15H14BrNO. The maximum Gasteiger partial charge on any atom is 0.193 e. The number of aryl methyl sites for hydroxylation is 1. The lowest BCUT2D eigenvalue weighted by atomic mass is 10.0. The first-order valence-electron chi connectivity index (χ1n) is 5.80. The van der Waals surface area contributed by atoms with E-state index in [9.17, 15) is 4.79 Å². The fraction of sp³-hybridized carbons (Fsp3) is 0.133. The zero-order valence-corrected chi connectivity index (χ0v) is 11.7. The van der Waals surface area contributed by atoms with Crippen molar-refractivity contribution >= 4 is 27.4 Å². The Hall–Kier alpha value is -1.61. The Labute approximate surface area is 115 Å². The molecule has 2 N–H and O–H groups in total. The number of carbonyl (C=O) groups is 1. The number of carbonyl (C=O) groups excluding carboxylic acids is 1. The summed E-state index contributed by atoms with van der Waals surface area (Å²) in [5, 5.41) is 0. The Bertz CT molecular complexity index is 593. The van der Waals surface area contributed by atoms with E-state index >= 15 is 0 Å². The van der Waals surface area contributed by atoms with Gasteiger partial charge in [0.25, 0.3) is 0 Å². The summed E-state index contributed by atoms with van der Waals surface area (Å²) in [4.78, 5) is 12.3. The largest absolute Gasteiger partial charge is 0.398 e. The molecule has 0 spiro atoms. The predicted molar refractivity (Wildman–Crippen MR) is 77.8 cm³/mol. The molecule has 0 heterocycles. The molecule has 0 fully saturated rings. The molecule has 0 aromatic heterocycles. The van der Waals surface area contributed by atoms with Crippen molar-refractivity contribution in [2.45, 2.75) is 13.3 Å². The second-order valence-corrected chi connectivity index (χ2v) is 4.97. The molecule has 2 aromatic rings. The van der Waals surface area contributed by atoms with Gasteiger partial charge in [-0.3, -0.25) is 4.79 Å². The van der Waals surface area contributed by atoms with Crippen molar-refractivity contribution in [3.05, 3.63) is 63.6 Å². The van der Waals surface area contributed by atoms with Crippen LogP contribution in [-0.2, 0) is 6.42 Å². The summed E-state index contributed by atoms with van der Waals surface area (Å²) in [6.07, 6.45) is 0.923. The van der Waals surface area contributed by atoms with Gasteiger partial charge in [-0.1, -0.05) is 25.1 Å². The normalized spacial score (nSPS) is 10.3. The Balaban J connectivity index is 2.38. The zero-order chi connectivity index (χ0) is 13.1. The van der Waals surface area contributed by atoms with Gasteiger partial charge in [0.1, 0.15) is 0 Å². The minimum absolute atomic E-state index is 0.0194. The van der Waals surface area contributed by atoms with Gasteiger partial charge in [0.15, 0.2) is 5.78 Å². The van der Waals surface area contributed by atoms with Gasteiger partial charge < -0.3 is 5.73 Å². The van der Waals surface area contributed by atoms with Crippen LogP contribution in [-0.4, -0.2) is 5.78 Å². The molecule has 0 bridgehead atoms. The highest BCUT2D eigenvalue weighted by atomic mass is 79.9. The molecule has 0 saturated heterocycles. The lowest BCUT2D eigenvalue weighted by Crippen LogP contribution is -2.02. The first kappa shape index (κ1) is 12.8. The Morgan fingerprint density at radius 1 is 1.17 bits per heavy atom. The van der Waals surface area contributed by atoms with Crippen LogP contribution in [0.5, 0.6) is 0 Å². The third-order valence-electron chi connectivity index (χ3n) is 2.86. The van der Waals surface area contributed by atoms with Gasteiger partial charge in [-0.25, -0.2) is 0 Å². The standard InChI is InChI=1S/C15H14BrNO/c1-2-10-4-3-5-11(8-10)15(18)12-6-7-14(17)13(16)9-12/h3-9H,2,17H2,1H3. The zero-order valence-electron chi connectivity index (χ0n) is 10.1. The maximum atomic E-state index is 12.3. The van der Waals surface area contributed by atoms with Crippen LogP contribution in [0, 0.1) is 0 Å². The summed E-state index contributed by atoms with van der Waals surface area (Å²) >= 11 is 3.34. The van der Waals surface area contributed by atoms with Crippen molar-refractivity contribution in [3.8, 4) is 0 Å². The van der Waals surface area contributed by atoms with Crippen molar-refractivity contribution < 1.29 is 4.79 Å². The molecule has 0 radical (unpaired) electrons. The number of rotatable bonds is 3. The van der Waals surface area contributed by atoms with Crippen LogP contribution in [0.1, 0.15) is 28.4 Å². The van der Waals surface area contributed by atoms with Crippen LogP contribution in [0.2, 0.25) is 0 Å². The van der Waals surface area contributed by atoms with Gasteiger partial charge in [-0.2, -0.15) is 0 Å². The summed E-state index contributed by atoms with van der Waals surface area (Å²) in [6, 6.07) is 13.0.